The minimum atomic E-state index is -3.87. The van der Waals surface area contributed by atoms with Crippen LogP contribution < -0.4 is 0 Å². The van der Waals surface area contributed by atoms with E-state index in [0.29, 0.717) is 21.9 Å². The van der Waals surface area contributed by atoms with Crippen LogP contribution in [0.5, 0.6) is 0 Å². The van der Waals surface area contributed by atoms with Gasteiger partial charge in [-0.05, 0) is 61.8 Å². The molecule has 0 spiro atoms. The third-order valence-electron chi connectivity index (χ3n) is 3.60. The molecular weight excluding hydrogens is 360 g/mol. The Morgan fingerprint density at radius 3 is 2.28 bits per heavy atom. The van der Waals surface area contributed by atoms with Crippen LogP contribution in [0.25, 0.3) is 0 Å². The predicted molar refractivity (Wildman–Crippen MR) is 101 cm³/mol. The van der Waals surface area contributed by atoms with Crippen LogP contribution in [0.4, 0.5) is 0 Å². The summed E-state index contributed by atoms with van der Waals surface area (Å²) in [5.41, 5.74) is 1.85. The van der Waals surface area contributed by atoms with E-state index >= 15 is 0 Å². The van der Waals surface area contributed by atoms with Crippen molar-refractivity contribution in [1.82, 2.24) is 0 Å². The molecule has 0 saturated heterocycles. The van der Waals surface area contributed by atoms with Gasteiger partial charge in [0, 0.05) is 10.6 Å². The van der Waals surface area contributed by atoms with E-state index in [2.05, 4.69) is 9.39 Å². The number of hydrogen-bond acceptors (Lipinski definition) is 3. The number of amidine groups is 1. The molecule has 0 fully saturated rings. The molecule has 132 valence electrons. The molecule has 0 bridgehead atoms. The highest BCUT2D eigenvalue weighted by Gasteiger charge is 2.19. The third kappa shape index (κ3) is 4.74. The van der Waals surface area contributed by atoms with Crippen molar-refractivity contribution in [3.8, 4) is 0 Å². The van der Waals surface area contributed by atoms with Crippen molar-refractivity contribution < 1.29 is 13.2 Å². The zero-order valence-corrected chi connectivity index (χ0v) is 16.0. The molecule has 0 saturated carbocycles. The lowest BCUT2D eigenvalue weighted by Gasteiger charge is -2.15. The highest BCUT2D eigenvalue weighted by atomic mass is 35.5. The highest BCUT2D eigenvalue weighted by molar-refractivity contribution is 7.90. The first-order valence-electron chi connectivity index (χ1n) is 7.70. The van der Waals surface area contributed by atoms with E-state index in [1.165, 1.54) is 37.3 Å². The molecule has 2 rings (SSSR count). The van der Waals surface area contributed by atoms with Crippen LogP contribution in [0.1, 0.15) is 27.7 Å². The summed E-state index contributed by atoms with van der Waals surface area (Å²) < 4.78 is 28.4. The summed E-state index contributed by atoms with van der Waals surface area (Å²) in [5.74, 6) is 0.0957. The molecule has 0 heterocycles. The fourth-order valence-electron chi connectivity index (χ4n) is 2.29. The average Bonchev–Trinajstić information content (AvgIpc) is 2.49. The van der Waals surface area contributed by atoms with Gasteiger partial charge in [-0.3, -0.25) is 4.79 Å². The Morgan fingerprint density at radius 2 is 1.72 bits per heavy atom. The maximum absolute atomic E-state index is 12.3. The van der Waals surface area contributed by atoms with E-state index in [9.17, 15) is 13.2 Å². The summed E-state index contributed by atoms with van der Waals surface area (Å²) in [7, 11) is -3.87. The number of benzene rings is 1. The van der Waals surface area contributed by atoms with Crippen LogP contribution in [-0.4, -0.2) is 25.7 Å². The Labute approximate surface area is 152 Å². The molecule has 0 aliphatic heterocycles. The molecule has 1 aliphatic carbocycles. The number of halogens is 1. The van der Waals surface area contributed by atoms with Gasteiger partial charge in [-0.25, -0.2) is 4.99 Å². The molecule has 0 unspecified atom stereocenters. The maximum atomic E-state index is 12.3. The summed E-state index contributed by atoms with van der Waals surface area (Å²) in [5, 5.41) is 0.443. The van der Waals surface area contributed by atoms with E-state index in [0.717, 1.165) is 0 Å². The molecule has 1 aliphatic rings. The summed E-state index contributed by atoms with van der Waals surface area (Å²) in [6.45, 7) is 7.10. The first-order chi connectivity index (χ1) is 11.6. The van der Waals surface area contributed by atoms with Gasteiger partial charge < -0.3 is 0 Å². The lowest BCUT2D eigenvalue weighted by atomic mass is 9.90. The summed E-state index contributed by atoms with van der Waals surface area (Å²) >= 11 is 5.77. The van der Waals surface area contributed by atoms with Crippen molar-refractivity contribution in [3.63, 3.8) is 0 Å². The van der Waals surface area contributed by atoms with E-state index in [4.69, 9.17) is 11.6 Å². The molecule has 1 aromatic rings. The van der Waals surface area contributed by atoms with Crippen LogP contribution in [0.15, 0.2) is 61.8 Å². The largest absolute Gasteiger partial charge is 0.290 e. The Bertz CT molecular complexity index is 922. The molecule has 7 heteroatoms. The maximum Gasteiger partial charge on any atom is 0.283 e. The van der Waals surface area contributed by atoms with Crippen molar-refractivity contribution in [2.75, 3.05) is 0 Å². The molecule has 1 aromatic carbocycles. The second kappa shape index (κ2) is 7.45. The first kappa shape index (κ1) is 19.3. The van der Waals surface area contributed by atoms with Gasteiger partial charge >= 0.3 is 0 Å². The predicted octanol–water partition coefficient (Wildman–Crippen LogP) is 4.00. The van der Waals surface area contributed by atoms with Gasteiger partial charge in [0.25, 0.3) is 10.0 Å². The van der Waals surface area contributed by atoms with E-state index in [-0.39, 0.29) is 22.4 Å². The lowest BCUT2D eigenvalue weighted by molar-refractivity contribution is -0.111. The normalized spacial score (nSPS) is 17.8. The lowest BCUT2D eigenvalue weighted by Crippen LogP contribution is -2.16. The average molecular weight is 379 g/mol. The van der Waals surface area contributed by atoms with Gasteiger partial charge in [0.15, 0.2) is 5.78 Å². The highest BCUT2D eigenvalue weighted by Crippen LogP contribution is 2.20. The van der Waals surface area contributed by atoms with Gasteiger partial charge in [0.2, 0.25) is 0 Å². The van der Waals surface area contributed by atoms with Crippen molar-refractivity contribution in [2.24, 2.45) is 15.3 Å². The number of carbonyl (C=O) groups is 1. The van der Waals surface area contributed by atoms with Crippen LogP contribution in [0, 0.1) is 5.92 Å². The Kier molecular flexibility index (Phi) is 5.75. The Balaban J connectivity index is 2.39. The molecule has 0 N–H and O–H groups in total. The zero-order valence-electron chi connectivity index (χ0n) is 14.4. The summed E-state index contributed by atoms with van der Waals surface area (Å²) in [4.78, 5) is 16.3. The molecule has 25 heavy (non-hydrogen) atoms. The van der Waals surface area contributed by atoms with Crippen LogP contribution >= 0.6 is 11.6 Å². The topological polar surface area (TPSA) is 75.9 Å². The number of nitrogens with zero attached hydrogens (tertiary/aromatic N) is 2. The molecule has 0 radical (unpaired) electrons. The number of rotatable bonds is 3. The van der Waals surface area contributed by atoms with E-state index in [1.807, 2.05) is 13.8 Å². The van der Waals surface area contributed by atoms with Gasteiger partial charge in [-0.1, -0.05) is 25.4 Å². The standard InChI is InChI=1S/C18H19ClN2O3S/c1-11(2)16-10-17(12(3)9-18(16)22)20-13(4)21-25(23,24)15-7-5-14(19)6-8-15/h5-11H,1-4H3/b20-17?,21-13-. The number of ketones is 1. The number of aliphatic imine (C=N–C) groups is 1. The van der Waals surface area contributed by atoms with E-state index < -0.39 is 10.0 Å². The Hall–Kier alpha value is -2.05. The first-order valence-corrected chi connectivity index (χ1v) is 9.52. The number of carbonyl (C=O) groups excluding carboxylic acids is 1. The quantitative estimate of drug-likeness (QED) is 0.453. The summed E-state index contributed by atoms with van der Waals surface area (Å²) in [6, 6.07) is 5.76. The fraction of sp³-hybridized carbons (Fsp3) is 0.278. The van der Waals surface area contributed by atoms with Crippen LogP contribution in [-0.2, 0) is 14.8 Å². The number of allylic oxidation sites excluding steroid dienone is 4. The molecule has 0 aromatic heterocycles. The molecule has 0 amide bonds. The molecule has 5 nitrogen and oxygen atoms in total. The third-order valence-corrected chi connectivity index (χ3v) is 5.22. The van der Waals surface area contributed by atoms with Crippen molar-refractivity contribution >= 4 is 39.0 Å². The Morgan fingerprint density at radius 1 is 1.12 bits per heavy atom. The second-order valence-corrected chi connectivity index (χ2v) is 8.05. The minimum Gasteiger partial charge on any atom is -0.290 e. The molecule has 0 atom stereocenters. The zero-order chi connectivity index (χ0) is 18.8. The summed E-state index contributed by atoms with van der Waals surface area (Å²) in [6.07, 6.45) is 3.20. The monoisotopic (exact) mass is 378 g/mol. The SMILES string of the molecule is CC1=CC(=O)C(C(C)C)=CC1=N/C(C)=N\S(=O)(=O)c1ccc(Cl)cc1. The van der Waals surface area contributed by atoms with E-state index in [1.54, 1.807) is 13.0 Å². The van der Waals surface area contributed by atoms with Crippen LogP contribution in [0.2, 0.25) is 5.02 Å². The number of sulfonamides is 1. The fourth-order valence-corrected chi connectivity index (χ4v) is 3.39. The van der Waals surface area contributed by atoms with Gasteiger partial charge in [0.05, 0.1) is 10.6 Å². The van der Waals surface area contributed by atoms with Gasteiger partial charge in [-0.15, -0.1) is 4.40 Å². The molecular formula is C18H19ClN2O3S. The second-order valence-electron chi connectivity index (χ2n) is 6.01. The smallest absolute Gasteiger partial charge is 0.283 e. The minimum absolute atomic E-state index is 0.0425. The van der Waals surface area contributed by atoms with Crippen molar-refractivity contribution in [2.45, 2.75) is 32.6 Å². The van der Waals surface area contributed by atoms with Crippen molar-refractivity contribution in [1.29, 1.82) is 0 Å². The number of hydrogen-bond donors (Lipinski definition) is 0. The van der Waals surface area contributed by atoms with Crippen molar-refractivity contribution in [3.05, 3.63) is 52.6 Å². The van der Waals surface area contributed by atoms with Crippen LogP contribution in [0.3, 0.4) is 0 Å². The van der Waals surface area contributed by atoms with Gasteiger partial charge in [-0.2, -0.15) is 8.42 Å². The van der Waals surface area contributed by atoms with Gasteiger partial charge in [0.1, 0.15) is 5.84 Å².